The molecule has 0 aromatic heterocycles. The topological polar surface area (TPSA) is 49.3 Å². The van der Waals surface area contributed by atoms with Gasteiger partial charge in [0.1, 0.15) is 0 Å². The van der Waals surface area contributed by atoms with E-state index in [1.807, 2.05) is 38.1 Å². The van der Waals surface area contributed by atoms with Crippen LogP contribution in [0.3, 0.4) is 0 Å². The van der Waals surface area contributed by atoms with Gasteiger partial charge in [0, 0.05) is 17.1 Å². The first kappa shape index (κ1) is 14.8. The van der Waals surface area contributed by atoms with E-state index in [1.54, 1.807) is 0 Å². The van der Waals surface area contributed by atoms with Crippen molar-refractivity contribution in [3.63, 3.8) is 0 Å². The van der Waals surface area contributed by atoms with Crippen LogP contribution in [0.2, 0.25) is 0 Å². The SMILES string of the molecule is CC(C)NCC(O)CS(=O)c1ccccc1Br. The molecule has 2 N–H and O–H groups in total. The van der Waals surface area contributed by atoms with Gasteiger partial charge in [0.15, 0.2) is 0 Å². The van der Waals surface area contributed by atoms with Gasteiger partial charge in [-0.1, -0.05) is 26.0 Å². The van der Waals surface area contributed by atoms with Crippen LogP contribution >= 0.6 is 15.9 Å². The number of halogens is 1. The summed E-state index contributed by atoms with van der Waals surface area (Å²) < 4.78 is 12.8. The van der Waals surface area contributed by atoms with Gasteiger partial charge in [0.2, 0.25) is 0 Å². The quantitative estimate of drug-likeness (QED) is 0.842. The normalized spacial score (nSPS) is 14.9. The maximum absolute atomic E-state index is 12.0. The summed E-state index contributed by atoms with van der Waals surface area (Å²) in [5.41, 5.74) is 0. The fourth-order valence-electron chi connectivity index (χ4n) is 1.32. The van der Waals surface area contributed by atoms with Crippen molar-refractivity contribution >= 4 is 26.7 Å². The summed E-state index contributed by atoms with van der Waals surface area (Å²) >= 11 is 3.36. The molecular formula is C12H18BrNO2S. The third-order valence-corrected chi connectivity index (χ3v) is 4.68. The molecule has 0 aliphatic carbocycles. The lowest BCUT2D eigenvalue weighted by Gasteiger charge is -2.14. The van der Waals surface area contributed by atoms with E-state index in [1.165, 1.54) is 0 Å². The van der Waals surface area contributed by atoms with E-state index in [0.29, 0.717) is 12.6 Å². The molecule has 0 fully saturated rings. The molecular weight excluding hydrogens is 302 g/mol. The molecule has 0 spiro atoms. The predicted molar refractivity (Wildman–Crippen MR) is 74.6 cm³/mol. The largest absolute Gasteiger partial charge is 0.391 e. The maximum Gasteiger partial charge on any atom is 0.0783 e. The van der Waals surface area contributed by atoms with Crippen LogP contribution in [0.5, 0.6) is 0 Å². The number of aliphatic hydroxyl groups is 1. The Hall–Kier alpha value is -0.230. The minimum atomic E-state index is -1.18. The second kappa shape index (κ2) is 7.26. The summed E-state index contributed by atoms with van der Waals surface area (Å²) in [5.74, 6) is 0.252. The smallest absolute Gasteiger partial charge is 0.0783 e. The average Bonchev–Trinajstić information content (AvgIpc) is 2.26. The molecule has 1 aromatic carbocycles. The predicted octanol–water partition coefficient (Wildman–Crippen LogP) is 1.92. The molecule has 0 radical (unpaired) electrons. The minimum Gasteiger partial charge on any atom is -0.391 e. The Balaban J connectivity index is 2.52. The van der Waals surface area contributed by atoms with E-state index in [-0.39, 0.29) is 5.75 Å². The molecule has 0 amide bonds. The summed E-state index contributed by atoms with van der Waals surface area (Å²) in [6.45, 7) is 4.49. The van der Waals surface area contributed by atoms with Crippen molar-refractivity contribution in [2.45, 2.75) is 30.9 Å². The van der Waals surface area contributed by atoms with E-state index in [2.05, 4.69) is 21.2 Å². The summed E-state index contributed by atoms with van der Waals surface area (Å²) in [5, 5.41) is 12.9. The van der Waals surface area contributed by atoms with Gasteiger partial charge in [-0.15, -0.1) is 0 Å². The van der Waals surface area contributed by atoms with Crippen molar-refractivity contribution in [1.29, 1.82) is 0 Å². The van der Waals surface area contributed by atoms with Gasteiger partial charge in [-0.05, 0) is 28.1 Å². The Morgan fingerprint density at radius 1 is 1.41 bits per heavy atom. The molecule has 1 rings (SSSR count). The first-order valence-electron chi connectivity index (χ1n) is 5.55. The molecule has 2 unspecified atom stereocenters. The fraction of sp³-hybridized carbons (Fsp3) is 0.500. The van der Waals surface area contributed by atoms with Crippen molar-refractivity contribution < 1.29 is 9.32 Å². The van der Waals surface area contributed by atoms with Crippen LogP contribution in [0, 0.1) is 0 Å². The van der Waals surface area contributed by atoms with Gasteiger partial charge in [-0.3, -0.25) is 4.21 Å². The molecule has 5 heteroatoms. The monoisotopic (exact) mass is 319 g/mol. The maximum atomic E-state index is 12.0. The van der Waals surface area contributed by atoms with Crippen LogP contribution in [-0.2, 0) is 10.8 Å². The molecule has 0 saturated heterocycles. The summed E-state index contributed by atoms with van der Waals surface area (Å²) in [6, 6.07) is 7.70. The van der Waals surface area contributed by atoms with E-state index in [9.17, 15) is 9.32 Å². The highest BCUT2D eigenvalue weighted by molar-refractivity contribution is 9.10. The Labute approximate surface area is 113 Å². The molecule has 1 aromatic rings. The molecule has 0 heterocycles. The zero-order valence-electron chi connectivity index (χ0n) is 10.0. The van der Waals surface area contributed by atoms with Crippen molar-refractivity contribution in [2.75, 3.05) is 12.3 Å². The molecule has 0 saturated carbocycles. The van der Waals surface area contributed by atoms with Crippen LogP contribution in [0.1, 0.15) is 13.8 Å². The number of hydrogen-bond acceptors (Lipinski definition) is 3. The first-order chi connectivity index (χ1) is 8.00. The van der Waals surface area contributed by atoms with Crippen LogP contribution in [0.15, 0.2) is 33.6 Å². The zero-order valence-corrected chi connectivity index (χ0v) is 12.4. The Bertz CT molecular complexity index is 385. The zero-order chi connectivity index (χ0) is 12.8. The highest BCUT2D eigenvalue weighted by Gasteiger charge is 2.13. The van der Waals surface area contributed by atoms with Crippen LogP contribution in [0.4, 0.5) is 0 Å². The molecule has 96 valence electrons. The Morgan fingerprint density at radius 2 is 2.06 bits per heavy atom. The number of nitrogens with one attached hydrogen (secondary N) is 1. The minimum absolute atomic E-state index is 0.252. The van der Waals surface area contributed by atoms with Gasteiger partial charge in [0.05, 0.1) is 27.6 Å². The second-order valence-electron chi connectivity index (χ2n) is 4.16. The number of aliphatic hydroxyl groups excluding tert-OH is 1. The number of hydrogen-bond donors (Lipinski definition) is 2. The van der Waals surface area contributed by atoms with Crippen LogP contribution < -0.4 is 5.32 Å². The molecule has 3 nitrogen and oxygen atoms in total. The van der Waals surface area contributed by atoms with Crippen molar-refractivity contribution in [3.8, 4) is 0 Å². The van der Waals surface area contributed by atoms with Gasteiger partial charge in [-0.2, -0.15) is 0 Å². The first-order valence-corrected chi connectivity index (χ1v) is 7.66. The lowest BCUT2D eigenvalue weighted by molar-refractivity contribution is 0.191. The Kier molecular flexibility index (Phi) is 6.33. The summed E-state index contributed by atoms with van der Waals surface area (Å²) in [4.78, 5) is 0.732. The number of rotatable bonds is 6. The summed E-state index contributed by atoms with van der Waals surface area (Å²) in [6.07, 6.45) is -0.592. The fourth-order valence-corrected chi connectivity index (χ4v) is 3.31. The van der Waals surface area contributed by atoms with E-state index >= 15 is 0 Å². The molecule has 0 aliphatic rings. The van der Waals surface area contributed by atoms with Crippen molar-refractivity contribution in [3.05, 3.63) is 28.7 Å². The highest BCUT2D eigenvalue weighted by Crippen LogP contribution is 2.20. The molecule has 0 aliphatic heterocycles. The molecule has 17 heavy (non-hydrogen) atoms. The third-order valence-electron chi connectivity index (χ3n) is 2.19. The van der Waals surface area contributed by atoms with Gasteiger partial charge in [-0.25, -0.2) is 0 Å². The van der Waals surface area contributed by atoms with Gasteiger partial charge < -0.3 is 10.4 Å². The highest BCUT2D eigenvalue weighted by atomic mass is 79.9. The summed E-state index contributed by atoms with van der Waals surface area (Å²) in [7, 11) is -1.18. The van der Waals surface area contributed by atoms with Crippen LogP contribution in [0.25, 0.3) is 0 Å². The lowest BCUT2D eigenvalue weighted by Crippen LogP contribution is -2.34. The van der Waals surface area contributed by atoms with Gasteiger partial charge in [0.25, 0.3) is 0 Å². The molecule has 0 bridgehead atoms. The lowest BCUT2D eigenvalue weighted by atomic mass is 10.3. The van der Waals surface area contributed by atoms with E-state index in [0.717, 1.165) is 9.37 Å². The second-order valence-corrected chi connectivity index (χ2v) is 6.48. The number of benzene rings is 1. The van der Waals surface area contributed by atoms with Crippen LogP contribution in [-0.4, -0.2) is 33.8 Å². The standard InChI is InChI=1S/C12H18BrNO2S/c1-9(2)14-7-10(15)8-17(16)12-6-4-3-5-11(12)13/h3-6,9-10,14-15H,7-8H2,1-2H3. The van der Waals surface area contributed by atoms with Gasteiger partial charge >= 0.3 is 0 Å². The average molecular weight is 320 g/mol. The van der Waals surface area contributed by atoms with Crippen molar-refractivity contribution in [2.24, 2.45) is 0 Å². The molecule has 2 atom stereocenters. The van der Waals surface area contributed by atoms with E-state index < -0.39 is 16.9 Å². The third kappa shape index (κ3) is 5.29. The van der Waals surface area contributed by atoms with Crippen molar-refractivity contribution in [1.82, 2.24) is 5.32 Å². The Morgan fingerprint density at radius 3 is 2.65 bits per heavy atom. The van der Waals surface area contributed by atoms with E-state index in [4.69, 9.17) is 0 Å².